The van der Waals surface area contributed by atoms with E-state index in [4.69, 9.17) is 9.47 Å². The Morgan fingerprint density at radius 1 is 0.904 bits per heavy atom. The summed E-state index contributed by atoms with van der Waals surface area (Å²) in [5.41, 5.74) is -5.97. The van der Waals surface area contributed by atoms with E-state index >= 15 is 8.78 Å². The number of halogens is 5. The second-order valence-corrected chi connectivity index (χ2v) is 12.8. The molecule has 3 aromatic carbocycles. The van der Waals surface area contributed by atoms with Gasteiger partial charge in [0, 0.05) is 23.2 Å². The highest BCUT2D eigenvalue weighted by molar-refractivity contribution is 5.69. The minimum atomic E-state index is -5.01. The maximum Gasteiger partial charge on any atom is 0.416 e. The first-order chi connectivity index (χ1) is 24.4. The fraction of sp³-hybridized carbons (Fsp3) is 0.351. The number of nitrogens with zero attached hydrogens (tertiary/aromatic N) is 2. The fourth-order valence-corrected chi connectivity index (χ4v) is 5.47. The number of hydrogen-bond acceptors (Lipinski definition) is 7. The van der Waals surface area contributed by atoms with Crippen LogP contribution in [0.3, 0.4) is 0 Å². The van der Waals surface area contributed by atoms with E-state index in [2.05, 4.69) is 10.1 Å². The molecule has 52 heavy (non-hydrogen) atoms. The maximum atomic E-state index is 16.2. The number of nitrogens with one attached hydrogen (secondary N) is 1. The number of carbonyl (C=O) groups excluding carboxylic acids is 2. The van der Waals surface area contributed by atoms with Crippen LogP contribution in [0.5, 0.6) is 5.75 Å². The van der Waals surface area contributed by atoms with Crippen molar-refractivity contribution in [1.82, 2.24) is 14.5 Å². The summed E-state index contributed by atoms with van der Waals surface area (Å²) in [6.45, 7) is 4.44. The van der Waals surface area contributed by atoms with E-state index in [1.807, 2.05) is 0 Å². The van der Waals surface area contributed by atoms with E-state index < -0.39 is 82.5 Å². The Kier molecular flexibility index (Phi) is 12.3. The van der Waals surface area contributed by atoms with Crippen molar-refractivity contribution in [2.75, 3.05) is 13.7 Å². The summed E-state index contributed by atoms with van der Waals surface area (Å²) in [4.78, 5) is 52.9. The monoisotopic (exact) mass is 731 g/mol. The van der Waals surface area contributed by atoms with Crippen molar-refractivity contribution in [3.63, 3.8) is 0 Å². The Morgan fingerprint density at radius 3 is 2.21 bits per heavy atom. The van der Waals surface area contributed by atoms with Gasteiger partial charge in [0.15, 0.2) is 11.6 Å². The molecule has 0 saturated heterocycles. The molecule has 1 heterocycles. The minimum Gasteiger partial charge on any atom is -0.490 e. The normalized spacial score (nSPS) is 12.3. The second-order valence-electron chi connectivity index (χ2n) is 12.8. The third kappa shape index (κ3) is 9.44. The summed E-state index contributed by atoms with van der Waals surface area (Å²) >= 11 is 0. The summed E-state index contributed by atoms with van der Waals surface area (Å²) in [6.07, 6.45) is -5.75. The molecule has 0 aliphatic carbocycles. The van der Waals surface area contributed by atoms with Crippen LogP contribution in [0.1, 0.15) is 62.0 Å². The second kappa shape index (κ2) is 16.3. The number of alkyl halides is 3. The molecule has 0 aliphatic rings. The Labute approximate surface area is 295 Å². The van der Waals surface area contributed by atoms with Gasteiger partial charge in [0.25, 0.3) is 5.56 Å². The third-order valence-corrected chi connectivity index (χ3v) is 7.93. The van der Waals surface area contributed by atoms with Gasteiger partial charge in [-0.3, -0.25) is 18.7 Å². The molecule has 1 aromatic heterocycles. The number of rotatable bonds is 12. The summed E-state index contributed by atoms with van der Waals surface area (Å²) in [7, 11) is 1.21. The van der Waals surface area contributed by atoms with Crippen LogP contribution in [0.4, 0.5) is 26.7 Å². The van der Waals surface area contributed by atoms with E-state index in [9.17, 15) is 32.3 Å². The van der Waals surface area contributed by atoms with Crippen LogP contribution >= 0.6 is 0 Å². The lowest BCUT2D eigenvalue weighted by molar-refractivity contribution is -0.141. The Hall–Kier alpha value is -5.47. The number of ether oxygens (including phenoxy) is 3. The van der Waals surface area contributed by atoms with Gasteiger partial charge in [0.05, 0.1) is 44.0 Å². The van der Waals surface area contributed by atoms with Crippen LogP contribution in [-0.2, 0) is 33.5 Å². The molecule has 15 heteroatoms. The topological polar surface area (TPSA) is 118 Å². The molecule has 1 amide bonds. The van der Waals surface area contributed by atoms with Gasteiger partial charge in [0.1, 0.15) is 11.4 Å². The van der Waals surface area contributed by atoms with E-state index in [-0.39, 0.29) is 36.5 Å². The lowest BCUT2D eigenvalue weighted by Crippen LogP contribution is -2.46. The molecular formula is C37H38F5N3O7. The standard InChI is InChI=1S/C37H38F5N3O7/c1-22-31(24-14-9-17-29(32(24)39)51-19-11-18-30(46)50-5)33(47)45(21-28(23-12-7-6-8-13-23)43-34(48)52-36(2,3)4)35(49)44(22)20-25-26(37(40,41)42)15-10-16-27(25)38/h6-10,12-17,28H,11,18-21H2,1-5H3,(H,43,48)/t28-/m0/s1. The molecule has 1 N–H and O–H groups in total. The van der Waals surface area contributed by atoms with Gasteiger partial charge in [-0.15, -0.1) is 0 Å². The van der Waals surface area contributed by atoms with Gasteiger partial charge in [-0.05, 0) is 57.9 Å². The number of aromatic nitrogens is 2. The summed E-state index contributed by atoms with van der Waals surface area (Å²) in [6, 6.07) is 13.3. The summed E-state index contributed by atoms with van der Waals surface area (Å²) < 4.78 is 90.4. The molecule has 0 fully saturated rings. The highest BCUT2D eigenvalue weighted by Gasteiger charge is 2.35. The van der Waals surface area contributed by atoms with Crippen LogP contribution in [0, 0.1) is 18.6 Å². The number of hydrogen-bond donors (Lipinski definition) is 1. The zero-order valence-corrected chi connectivity index (χ0v) is 29.1. The number of benzene rings is 3. The van der Waals surface area contributed by atoms with E-state index in [0.29, 0.717) is 16.2 Å². The lowest BCUT2D eigenvalue weighted by Gasteiger charge is -2.25. The molecule has 0 bridgehead atoms. The van der Waals surface area contributed by atoms with Gasteiger partial charge >= 0.3 is 23.9 Å². The number of methoxy groups -OCH3 is 1. The largest absolute Gasteiger partial charge is 0.490 e. The van der Waals surface area contributed by atoms with E-state index in [0.717, 1.165) is 16.7 Å². The zero-order chi connectivity index (χ0) is 38.4. The van der Waals surface area contributed by atoms with Gasteiger partial charge in [-0.25, -0.2) is 18.4 Å². The molecule has 0 unspecified atom stereocenters. The number of carbonyl (C=O) groups is 2. The molecule has 0 radical (unpaired) electrons. The number of esters is 1. The van der Waals surface area contributed by atoms with E-state index in [1.54, 1.807) is 51.1 Å². The van der Waals surface area contributed by atoms with Crippen LogP contribution < -0.4 is 21.3 Å². The highest BCUT2D eigenvalue weighted by atomic mass is 19.4. The molecule has 1 atom stereocenters. The third-order valence-electron chi connectivity index (χ3n) is 7.93. The average molecular weight is 732 g/mol. The summed E-state index contributed by atoms with van der Waals surface area (Å²) in [5.74, 6) is -3.11. The van der Waals surface area contributed by atoms with Crippen molar-refractivity contribution in [3.8, 4) is 16.9 Å². The quantitative estimate of drug-likeness (QED) is 0.0955. The van der Waals surface area contributed by atoms with Crippen LogP contribution in [-0.4, -0.2) is 40.5 Å². The first kappa shape index (κ1) is 39.3. The molecule has 10 nitrogen and oxygen atoms in total. The Bertz CT molecular complexity index is 2040. The zero-order valence-electron chi connectivity index (χ0n) is 29.1. The number of amides is 1. The SMILES string of the molecule is COC(=O)CCCOc1cccc(-c2c(C)n(Cc3c(F)cccc3C(F)(F)F)c(=O)n(C[C@H](NC(=O)OC(C)(C)C)c3ccccc3)c2=O)c1F. The smallest absolute Gasteiger partial charge is 0.416 e. The first-order valence-corrected chi connectivity index (χ1v) is 16.1. The molecule has 278 valence electrons. The van der Waals surface area contributed by atoms with Crippen molar-refractivity contribution < 1.29 is 45.8 Å². The van der Waals surface area contributed by atoms with Crippen molar-refractivity contribution in [2.45, 2.75) is 71.4 Å². The predicted molar refractivity (Wildman–Crippen MR) is 181 cm³/mol. The molecule has 0 aliphatic heterocycles. The molecule has 0 spiro atoms. The Balaban J connectivity index is 1.93. The van der Waals surface area contributed by atoms with Crippen molar-refractivity contribution >= 4 is 12.1 Å². The van der Waals surface area contributed by atoms with Crippen LogP contribution in [0.2, 0.25) is 0 Å². The van der Waals surface area contributed by atoms with Crippen molar-refractivity contribution in [2.24, 2.45) is 0 Å². The lowest BCUT2D eigenvalue weighted by atomic mass is 10.0. The fourth-order valence-electron chi connectivity index (χ4n) is 5.47. The molecule has 0 saturated carbocycles. The summed E-state index contributed by atoms with van der Waals surface area (Å²) in [5, 5.41) is 2.63. The molecule has 4 rings (SSSR count). The maximum absolute atomic E-state index is 16.2. The predicted octanol–water partition coefficient (Wildman–Crippen LogP) is 6.93. The molecule has 4 aromatic rings. The van der Waals surface area contributed by atoms with Gasteiger partial charge in [-0.2, -0.15) is 13.2 Å². The van der Waals surface area contributed by atoms with Gasteiger partial charge in [-0.1, -0.05) is 48.5 Å². The van der Waals surface area contributed by atoms with Crippen LogP contribution in [0.15, 0.2) is 76.3 Å². The first-order valence-electron chi connectivity index (χ1n) is 16.1. The average Bonchev–Trinajstić information content (AvgIpc) is 3.07. The number of alkyl carbamates (subject to hydrolysis) is 1. The van der Waals surface area contributed by atoms with Crippen molar-refractivity contribution in [3.05, 3.63) is 122 Å². The Morgan fingerprint density at radius 2 is 1.58 bits per heavy atom. The van der Waals surface area contributed by atoms with Gasteiger partial charge < -0.3 is 19.5 Å². The van der Waals surface area contributed by atoms with Crippen LogP contribution in [0.25, 0.3) is 11.1 Å². The van der Waals surface area contributed by atoms with Crippen molar-refractivity contribution in [1.29, 1.82) is 0 Å². The van der Waals surface area contributed by atoms with E-state index in [1.165, 1.54) is 32.2 Å². The minimum absolute atomic E-state index is 0.0114. The molecular weight excluding hydrogens is 693 g/mol. The highest BCUT2D eigenvalue weighted by Crippen LogP contribution is 2.34. The van der Waals surface area contributed by atoms with Gasteiger partial charge in [0.2, 0.25) is 0 Å².